The fraction of sp³-hybridized carbons (Fsp3) is 0.235. The van der Waals surface area contributed by atoms with Gasteiger partial charge in [0.15, 0.2) is 17.1 Å². The largest absolute Gasteiger partial charge is 0.486 e. The molecular weight excluding hydrogens is 292 g/mol. The maximum Gasteiger partial charge on any atom is 0.164 e. The van der Waals surface area contributed by atoms with Crippen molar-refractivity contribution in [3.8, 4) is 11.5 Å². The van der Waals surface area contributed by atoms with Gasteiger partial charge < -0.3 is 14.8 Å². The Hall–Kier alpha value is -2.89. The lowest BCUT2D eigenvalue weighted by atomic mass is 10.2. The second-order valence-electron chi connectivity index (χ2n) is 5.37. The number of benzene rings is 1. The molecule has 4 rings (SSSR count). The highest BCUT2D eigenvalue weighted by Gasteiger charge is 2.20. The van der Waals surface area contributed by atoms with Gasteiger partial charge in [0.25, 0.3) is 0 Å². The van der Waals surface area contributed by atoms with E-state index in [1.807, 2.05) is 43.3 Å². The highest BCUT2D eigenvalue weighted by molar-refractivity contribution is 5.86. The first-order valence-corrected chi connectivity index (χ1v) is 7.51. The van der Waals surface area contributed by atoms with Crippen LogP contribution in [-0.4, -0.2) is 34.2 Å². The zero-order valence-electron chi connectivity index (χ0n) is 12.7. The molecule has 3 aromatic rings. The number of hydrogen-bond donors (Lipinski definition) is 1. The molecule has 0 amide bonds. The van der Waals surface area contributed by atoms with Crippen LogP contribution in [0.2, 0.25) is 0 Å². The van der Waals surface area contributed by atoms with Crippen molar-refractivity contribution in [1.29, 1.82) is 0 Å². The van der Waals surface area contributed by atoms with E-state index in [1.54, 1.807) is 6.20 Å². The molecule has 1 aromatic carbocycles. The Labute approximate surface area is 133 Å². The van der Waals surface area contributed by atoms with Crippen molar-refractivity contribution < 1.29 is 9.47 Å². The minimum Gasteiger partial charge on any atom is -0.486 e. The topological polar surface area (TPSA) is 69.2 Å². The predicted molar refractivity (Wildman–Crippen MR) is 86.9 cm³/mol. The van der Waals surface area contributed by atoms with Crippen LogP contribution in [-0.2, 0) is 0 Å². The Morgan fingerprint density at radius 3 is 2.91 bits per heavy atom. The van der Waals surface area contributed by atoms with Gasteiger partial charge in [0.2, 0.25) is 0 Å². The molecule has 0 bridgehead atoms. The second-order valence-corrected chi connectivity index (χ2v) is 5.37. The van der Waals surface area contributed by atoms with E-state index in [-0.39, 0.29) is 6.10 Å². The van der Waals surface area contributed by atoms with Gasteiger partial charge in [0.1, 0.15) is 24.4 Å². The molecule has 0 saturated heterocycles. The molecule has 0 radical (unpaired) electrons. The molecule has 1 N–H and O–H groups in total. The van der Waals surface area contributed by atoms with Gasteiger partial charge in [-0.2, -0.15) is 0 Å². The summed E-state index contributed by atoms with van der Waals surface area (Å²) in [7, 11) is 0. The fourth-order valence-electron chi connectivity index (χ4n) is 2.58. The molecule has 6 nitrogen and oxygen atoms in total. The first kappa shape index (κ1) is 13.8. The van der Waals surface area contributed by atoms with Crippen LogP contribution < -0.4 is 14.8 Å². The summed E-state index contributed by atoms with van der Waals surface area (Å²) < 4.78 is 11.7. The number of aryl methyl sites for hydroxylation is 1. The molecule has 0 spiro atoms. The number of nitrogens with one attached hydrogen (secondary N) is 1. The van der Waals surface area contributed by atoms with Gasteiger partial charge in [-0.1, -0.05) is 12.1 Å². The van der Waals surface area contributed by atoms with E-state index in [4.69, 9.17) is 9.47 Å². The van der Waals surface area contributed by atoms with E-state index in [9.17, 15) is 0 Å². The Bertz CT molecular complexity index is 853. The quantitative estimate of drug-likeness (QED) is 0.802. The number of fused-ring (bicyclic) bond motifs is 2. The maximum atomic E-state index is 5.95. The molecular formula is C17H16N4O2. The number of anilines is 1. The van der Waals surface area contributed by atoms with Gasteiger partial charge in [-0.3, -0.25) is 0 Å². The summed E-state index contributed by atoms with van der Waals surface area (Å²) in [4.78, 5) is 13.1. The van der Waals surface area contributed by atoms with Crippen LogP contribution >= 0.6 is 0 Å². The van der Waals surface area contributed by atoms with Crippen LogP contribution in [0.25, 0.3) is 11.0 Å². The van der Waals surface area contributed by atoms with E-state index in [0.717, 1.165) is 22.7 Å². The molecule has 6 heteroatoms. The number of hydrogen-bond acceptors (Lipinski definition) is 6. The number of aromatic nitrogens is 3. The fourth-order valence-corrected chi connectivity index (χ4v) is 2.58. The van der Waals surface area contributed by atoms with E-state index < -0.39 is 0 Å². The average molecular weight is 308 g/mol. The van der Waals surface area contributed by atoms with Gasteiger partial charge in [-0.05, 0) is 31.2 Å². The average Bonchev–Trinajstić information content (AvgIpc) is 2.59. The second kappa shape index (κ2) is 5.72. The van der Waals surface area contributed by atoms with E-state index >= 15 is 0 Å². The summed E-state index contributed by atoms with van der Waals surface area (Å²) in [5, 5.41) is 4.23. The van der Waals surface area contributed by atoms with Crippen LogP contribution in [0.3, 0.4) is 0 Å². The molecule has 0 saturated carbocycles. The SMILES string of the molecule is Cc1nc(NCC2COc3ccccc3O2)c2cccnc2n1. The zero-order valence-corrected chi connectivity index (χ0v) is 12.7. The highest BCUT2D eigenvalue weighted by Crippen LogP contribution is 2.31. The standard InChI is InChI=1S/C17H16N4O2/c1-11-20-16-13(5-4-8-18-16)17(21-11)19-9-12-10-22-14-6-2-3-7-15(14)23-12/h2-8,12H,9-10H2,1H3,(H,18,19,20,21). The molecule has 0 aliphatic carbocycles. The Morgan fingerprint density at radius 2 is 2.00 bits per heavy atom. The number of ether oxygens (including phenoxy) is 2. The summed E-state index contributed by atoms with van der Waals surface area (Å²) in [6, 6.07) is 11.5. The van der Waals surface area contributed by atoms with Crippen LogP contribution in [0.1, 0.15) is 5.82 Å². The Balaban J connectivity index is 1.52. The van der Waals surface area contributed by atoms with E-state index in [2.05, 4.69) is 20.3 Å². The van der Waals surface area contributed by atoms with Crippen LogP contribution in [0.4, 0.5) is 5.82 Å². The smallest absolute Gasteiger partial charge is 0.164 e. The molecule has 116 valence electrons. The van der Waals surface area contributed by atoms with Crippen LogP contribution in [0, 0.1) is 6.92 Å². The van der Waals surface area contributed by atoms with Gasteiger partial charge >= 0.3 is 0 Å². The lowest BCUT2D eigenvalue weighted by Crippen LogP contribution is -2.35. The number of nitrogens with zero attached hydrogens (tertiary/aromatic N) is 3. The van der Waals surface area contributed by atoms with Crippen molar-refractivity contribution >= 4 is 16.9 Å². The summed E-state index contributed by atoms with van der Waals surface area (Å²) in [5.41, 5.74) is 0.689. The van der Waals surface area contributed by atoms with Crippen molar-refractivity contribution in [1.82, 2.24) is 15.0 Å². The normalized spacial score (nSPS) is 16.3. The monoisotopic (exact) mass is 308 g/mol. The Morgan fingerprint density at radius 1 is 1.13 bits per heavy atom. The predicted octanol–water partition coefficient (Wildman–Crippen LogP) is 2.59. The van der Waals surface area contributed by atoms with Gasteiger partial charge in [0, 0.05) is 6.20 Å². The van der Waals surface area contributed by atoms with Gasteiger partial charge in [0.05, 0.1) is 11.9 Å². The van der Waals surface area contributed by atoms with Crippen molar-refractivity contribution in [2.45, 2.75) is 13.0 Å². The van der Waals surface area contributed by atoms with Gasteiger partial charge in [-0.25, -0.2) is 15.0 Å². The Kier molecular flexibility index (Phi) is 3.42. The molecule has 3 heterocycles. The third-order valence-corrected chi connectivity index (χ3v) is 3.65. The van der Waals surface area contributed by atoms with Crippen LogP contribution in [0.5, 0.6) is 11.5 Å². The number of pyridine rings is 1. The van der Waals surface area contributed by atoms with Crippen LogP contribution in [0.15, 0.2) is 42.6 Å². The van der Waals surface area contributed by atoms with E-state index in [1.165, 1.54) is 0 Å². The summed E-state index contributed by atoms with van der Waals surface area (Å²) in [6.07, 6.45) is 1.65. The third kappa shape index (κ3) is 2.75. The summed E-state index contributed by atoms with van der Waals surface area (Å²) in [5.74, 6) is 3.01. The molecule has 2 aromatic heterocycles. The van der Waals surface area contributed by atoms with Crippen molar-refractivity contribution in [2.75, 3.05) is 18.5 Å². The number of para-hydroxylation sites is 2. The van der Waals surface area contributed by atoms with Crippen molar-refractivity contribution in [2.24, 2.45) is 0 Å². The minimum atomic E-state index is -0.0770. The molecule has 1 atom stereocenters. The third-order valence-electron chi connectivity index (χ3n) is 3.65. The lowest BCUT2D eigenvalue weighted by Gasteiger charge is -2.26. The zero-order chi connectivity index (χ0) is 15.6. The number of rotatable bonds is 3. The molecule has 1 aliphatic rings. The minimum absolute atomic E-state index is 0.0770. The van der Waals surface area contributed by atoms with Crippen molar-refractivity contribution in [3.05, 3.63) is 48.4 Å². The lowest BCUT2D eigenvalue weighted by molar-refractivity contribution is 0.0997. The maximum absolute atomic E-state index is 5.95. The first-order valence-electron chi connectivity index (χ1n) is 7.51. The highest BCUT2D eigenvalue weighted by atomic mass is 16.6. The summed E-state index contributed by atoms with van der Waals surface area (Å²) in [6.45, 7) is 2.95. The summed E-state index contributed by atoms with van der Waals surface area (Å²) >= 11 is 0. The van der Waals surface area contributed by atoms with Gasteiger partial charge in [-0.15, -0.1) is 0 Å². The van der Waals surface area contributed by atoms with Crippen molar-refractivity contribution in [3.63, 3.8) is 0 Å². The molecule has 0 fully saturated rings. The molecule has 23 heavy (non-hydrogen) atoms. The molecule has 1 unspecified atom stereocenters. The molecule has 1 aliphatic heterocycles. The van der Waals surface area contributed by atoms with E-state index in [0.29, 0.717) is 24.6 Å². The first-order chi connectivity index (χ1) is 11.3.